The Morgan fingerprint density at radius 1 is 1.33 bits per heavy atom. The van der Waals surface area contributed by atoms with Gasteiger partial charge in [-0.1, -0.05) is 0 Å². The van der Waals surface area contributed by atoms with Gasteiger partial charge in [0.1, 0.15) is 0 Å². The monoisotopic (exact) mass is 323 g/mol. The first-order chi connectivity index (χ1) is 9.72. The molecule has 3 rings (SSSR count). The number of pyridine rings is 1. The van der Waals surface area contributed by atoms with Crippen molar-refractivity contribution in [2.45, 2.75) is 26.8 Å². The van der Waals surface area contributed by atoms with Gasteiger partial charge in [0.05, 0.1) is 5.01 Å². The Morgan fingerprint density at radius 3 is 2.95 bits per heavy atom. The Kier molecular flexibility index (Phi) is 5.27. The van der Waals surface area contributed by atoms with Crippen LogP contribution in [0.15, 0.2) is 17.6 Å². The summed E-state index contributed by atoms with van der Waals surface area (Å²) in [5.74, 6) is 0. The number of rotatable bonds is 5. The van der Waals surface area contributed by atoms with E-state index in [9.17, 15) is 0 Å². The Bertz CT molecular complexity index is 721. The lowest BCUT2D eigenvalue weighted by molar-refractivity contribution is 0.684. The van der Waals surface area contributed by atoms with E-state index in [1.165, 1.54) is 10.6 Å². The molecule has 0 aliphatic heterocycles. The van der Waals surface area contributed by atoms with E-state index in [1.54, 1.807) is 11.3 Å². The zero-order chi connectivity index (χ0) is 13.9. The maximum atomic E-state index is 4.45. The van der Waals surface area contributed by atoms with Crippen LogP contribution in [0.5, 0.6) is 0 Å². The molecule has 3 aromatic rings. The zero-order valence-corrected chi connectivity index (χ0v) is 13.6. The smallest absolute Gasteiger partial charge is 0.181 e. The van der Waals surface area contributed by atoms with Gasteiger partial charge in [-0.25, -0.2) is 9.97 Å². The van der Waals surface area contributed by atoms with Crippen LogP contribution in [0.2, 0.25) is 0 Å². The number of aromatic nitrogens is 4. The molecule has 0 saturated heterocycles. The standard InChI is InChI=1S/C14H17N5S.ClH/c1-9-8-20-13(17-9)3-4-15-6-11-5-12-10(2)18-19-14(12)16-7-11;/h5,7-8,15H,3-4,6H2,1-2H3,(H,16,18,19);1H. The highest BCUT2D eigenvalue weighted by molar-refractivity contribution is 7.09. The van der Waals surface area contributed by atoms with Crippen LogP contribution in [0.25, 0.3) is 11.0 Å². The number of fused-ring (bicyclic) bond motifs is 1. The summed E-state index contributed by atoms with van der Waals surface area (Å²) in [6, 6.07) is 2.14. The van der Waals surface area contributed by atoms with Crippen LogP contribution in [-0.4, -0.2) is 26.7 Å². The predicted molar refractivity (Wildman–Crippen MR) is 88.1 cm³/mol. The minimum Gasteiger partial charge on any atom is -0.312 e. The first kappa shape index (κ1) is 15.9. The molecule has 0 aromatic carbocycles. The van der Waals surface area contributed by atoms with Crippen molar-refractivity contribution in [1.82, 2.24) is 25.5 Å². The van der Waals surface area contributed by atoms with Gasteiger partial charge < -0.3 is 5.32 Å². The van der Waals surface area contributed by atoms with E-state index in [0.29, 0.717) is 0 Å². The van der Waals surface area contributed by atoms with Gasteiger partial charge in [0, 0.05) is 47.9 Å². The van der Waals surface area contributed by atoms with Crippen LogP contribution in [0.4, 0.5) is 0 Å². The Hall–Kier alpha value is -1.50. The predicted octanol–water partition coefficient (Wildman–Crippen LogP) is 2.79. The third-order valence-corrected chi connectivity index (χ3v) is 4.19. The fourth-order valence-corrected chi connectivity index (χ4v) is 2.88. The van der Waals surface area contributed by atoms with Gasteiger partial charge in [-0.3, -0.25) is 5.10 Å². The van der Waals surface area contributed by atoms with Crippen LogP contribution in [-0.2, 0) is 13.0 Å². The molecular weight excluding hydrogens is 306 g/mol. The third kappa shape index (κ3) is 3.78. The second kappa shape index (κ2) is 6.98. The van der Waals surface area contributed by atoms with Crippen LogP contribution in [0.1, 0.15) is 22.0 Å². The number of aryl methyl sites for hydroxylation is 2. The lowest BCUT2D eigenvalue weighted by Crippen LogP contribution is -2.16. The minimum atomic E-state index is 0. The summed E-state index contributed by atoms with van der Waals surface area (Å²) in [6.45, 7) is 5.79. The number of H-pyrrole nitrogens is 1. The topological polar surface area (TPSA) is 66.5 Å². The first-order valence-electron chi connectivity index (χ1n) is 6.63. The second-order valence-corrected chi connectivity index (χ2v) is 5.82. The molecule has 3 aromatic heterocycles. The highest BCUT2D eigenvalue weighted by atomic mass is 35.5. The van der Waals surface area contributed by atoms with Crippen molar-refractivity contribution < 1.29 is 0 Å². The molecule has 7 heteroatoms. The van der Waals surface area contributed by atoms with Crippen molar-refractivity contribution in [1.29, 1.82) is 0 Å². The molecule has 0 saturated carbocycles. The van der Waals surface area contributed by atoms with Gasteiger partial charge in [-0.2, -0.15) is 5.10 Å². The lowest BCUT2D eigenvalue weighted by Gasteiger charge is -2.03. The SMILES string of the molecule is Cc1csc(CCNCc2cnc3n[nH]c(C)c3c2)n1.Cl. The summed E-state index contributed by atoms with van der Waals surface area (Å²) < 4.78 is 0. The van der Waals surface area contributed by atoms with Gasteiger partial charge in [0.25, 0.3) is 0 Å². The van der Waals surface area contributed by atoms with Crippen LogP contribution >= 0.6 is 23.7 Å². The number of nitrogens with one attached hydrogen (secondary N) is 2. The molecule has 0 bridgehead atoms. The molecule has 0 amide bonds. The molecule has 5 nitrogen and oxygen atoms in total. The highest BCUT2D eigenvalue weighted by Gasteiger charge is 2.04. The Labute approximate surface area is 133 Å². The number of nitrogens with zero attached hydrogens (tertiary/aromatic N) is 3. The molecule has 0 fully saturated rings. The van der Waals surface area contributed by atoms with E-state index in [-0.39, 0.29) is 12.4 Å². The average Bonchev–Trinajstić information content (AvgIpc) is 3.02. The summed E-state index contributed by atoms with van der Waals surface area (Å²) >= 11 is 1.72. The van der Waals surface area contributed by atoms with Gasteiger partial charge in [-0.15, -0.1) is 23.7 Å². The van der Waals surface area contributed by atoms with Crippen molar-refractivity contribution in [3.8, 4) is 0 Å². The summed E-state index contributed by atoms with van der Waals surface area (Å²) in [7, 11) is 0. The number of hydrogen-bond acceptors (Lipinski definition) is 5. The average molecular weight is 324 g/mol. The molecule has 0 spiro atoms. The number of halogens is 1. The normalized spacial score (nSPS) is 10.8. The zero-order valence-electron chi connectivity index (χ0n) is 12.0. The fourth-order valence-electron chi connectivity index (χ4n) is 2.11. The van der Waals surface area contributed by atoms with Crippen LogP contribution < -0.4 is 5.32 Å². The van der Waals surface area contributed by atoms with Gasteiger partial charge >= 0.3 is 0 Å². The van der Waals surface area contributed by atoms with Crippen molar-refractivity contribution in [3.05, 3.63) is 39.6 Å². The van der Waals surface area contributed by atoms with Gasteiger partial charge in [0.2, 0.25) is 0 Å². The van der Waals surface area contributed by atoms with Crippen molar-refractivity contribution in [3.63, 3.8) is 0 Å². The second-order valence-electron chi connectivity index (χ2n) is 4.87. The molecular formula is C14H18ClN5S. The number of thiazole rings is 1. The maximum Gasteiger partial charge on any atom is 0.181 e. The molecule has 0 unspecified atom stereocenters. The largest absolute Gasteiger partial charge is 0.312 e. The lowest BCUT2D eigenvalue weighted by atomic mass is 10.2. The van der Waals surface area contributed by atoms with Gasteiger partial charge in [-0.05, 0) is 25.5 Å². The molecule has 21 heavy (non-hydrogen) atoms. The number of hydrogen-bond donors (Lipinski definition) is 2. The molecule has 0 radical (unpaired) electrons. The quantitative estimate of drug-likeness (QED) is 0.709. The molecule has 112 valence electrons. The summed E-state index contributed by atoms with van der Waals surface area (Å²) in [5, 5.41) is 14.9. The van der Waals surface area contributed by atoms with Crippen molar-refractivity contribution in [2.24, 2.45) is 0 Å². The molecule has 0 atom stereocenters. The summed E-state index contributed by atoms with van der Waals surface area (Å²) in [4.78, 5) is 8.80. The minimum absolute atomic E-state index is 0. The van der Waals surface area contributed by atoms with E-state index < -0.39 is 0 Å². The molecule has 3 heterocycles. The van der Waals surface area contributed by atoms with E-state index in [1.807, 2.05) is 20.0 Å². The summed E-state index contributed by atoms with van der Waals surface area (Å²) in [6.07, 6.45) is 2.85. The number of aromatic amines is 1. The van der Waals surface area contributed by atoms with Crippen LogP contribution in [0.3, 0.4) is 0 Å². The molecule has 0 aliphatic carbocycles. The van der Waals surface area contributed by atoms with E-state index >= 15 is 0 Å². The molecule has 2 N–H and O–H groups in total. The maximum absolute atomic E-state index is 4.45. The first-order valence-corrected chi connectivity index (χ1v) is 7.51. The van der Waals surface area contributed by atoms with E-state index in [4.69, 9.17) is 0 Å². The van der Waals surface area contributed by atoms with Crippen molar-refractivity contribution >= 4 is 34.8 Å². The third-order valence-electron chi connectivity index (χ3n) is 3.17. The van der Waals surface area contributed by atoms with Crippen LogP contribution in [0, 0.1) is 13.8 Å². The van der Waals surface area contributed by atoms with Gasteiger partial charge in [0.15, 0.2) is 5.65 Å². The molecule has 0 aliphatic rings. The van der Waals surface area contributed by atoms with E-state index in [0.717, 1.165) is 41.9 Å². The highest BCUT2D eigenvalue weighted by Crippen LogP contribution is 2.14. The fraction of sp³-hybridized carbons (Fsp3) is 0.357. The summed E-state index contributed by atoms with van der Waals surface area (Å²) in [5.41, 5.74) is 4.13. The Morgan fingerprint density at radius 2 is 2.19 bits per heavy atom. The van der Waals surface area contributed by atoms with Crippen molar-refractivity contribution in [2.75, 3.05) is 6.54 Å². The Balaban J connectivity index is 0.00000161. The van der Waals surface area contributed by atoms with E-state index in [2.05, 4.69) is 36.9 Å².